The van der Waals surface area contributed by atoms with Crippen molar-refractivity contribution in [2.45, 2.75) is 82.7 Å². The molecular formula is C73H81ClN16O20S. The summed E-state index contributed by atoms with van der Waals surface area (Å²) in [5.74, 6) is 3.19. The van der Waals surface area contributed by atoms with Gasteiger partial charge in [0.2, 0.25) is 10.0 Å². The van der Waals surface area contributed by atoms with Crippen LogP contribution in [0.1, 0.15) is 63.0 Å². The molecular weight excluding hydrogens is 1490 g/mol. The summed E-state index contributed by atoms with van der Waals surface area (Å²) in [6.07, 6.45) is 7.22. The highest BCUT2D eigenvalue weighted by molar-refractivity contribution is 7.88. The smallest absolute Gasteiger partial charge is 0.415 e. The number of hydrogen-bond acceptors (Lipinski definition) is 27. The van der Waals surface area contributed by atoms with Crippen LogP contribution in [0.25, 0.3) is 0 Å². The summed E-state index contributed by atoms with van der Waals surface area (Å²) in [5.41, 5.74) is 10.3. The number of fused-ring (bicyclic) bond motifs is 6. The highest BCUT2D eigenvalue weighted by atomic mass is 35.5. The van der Waals surface area contributed by atoms with Gasteiger partial charge in [-0.1, -0.05) is 29.8 Å². The van der Waals surface area contributed by atoms with E-state index in [1.807, 2.05) is 25.1 Å². The number of benzene rings is 3. The highest BCUT2D eigenvalue weighted by Crippen LogP contribution is 2.38. The molecule has 15 rings (SSSR count). The second kappa shape index (κ2) is 37.2. The topological polar surface area (TPSA) is 489 Å². The second-order valence-corrected chi connectivity index (χ2v) is 29.2. The van der Waals surface area contributed by atoms with Crippen LogP contribution in [0.4, 0.5) is 49.0 Å². The Labute approximate surface area is 641 Å². The first-order valence-corrected chi connectivity index (χ1v) is 37.8. The molecule has 3 aromatic heterocycles. The van der Waals surface area contributed by atoms with Crippen LogP contribution in [0.3, 0.4) is 0 Å². The van der Waals surface area contributed by atoms with Crippen molar-refractivity contribution < 1.29 is 95.3 Å². The van der Waals surface area contributed by atoms with E-state index in [1.54, 1.807) is 42.6 Å². The number of aryl methyl sites for hydroxylation is 1. The molecule has 111 heavy (non-hydrogen) atoms. The number of nitrogens with zero attached hydrogens (tertiary/aromatic N) is 9. The van der Waals surface area contributed by atoms with Crippen molar-refractivity contribution in [3.63, 3.8) is 0 Å². The third kappa shape index (κ3) is 20.7. The number of aliphatic hydroxyl groups is 1. The molecule has 3 fully saturated rings. The molecule has 5 unspecified atom stereocenters. The number of cyclic esters (lactones) is 3. The number of aliphatic hydroxyl groups excluding tert-OH is 1. The SMILES string of the molecule is CS(=O)(=O)NCCOc1ccc2c(c1C#N)CC(CNCCC1CN(c3ccc4c(n3)NC(=O)CO4)C(=O)O1)C2.Cc1ncc(Cl)c2c1CC(CNCCC1CN(c3cnc4c(n3)NC(=O)CO4)C(=O)O1)C2.N#Cc1cccc2c1CC(CNC[C@@H](O)[C@H]1CN(c3ccc4c(c3)NC(=O)CO4)C(=O)O1)C2.O=CO.O=CO. The zero-order valence-corrected chi connectivity index (χ0v) is 61.8. The molecule has 0 saturated carbocycles. The molecule has 3 saturated heterocycles. The lowest BCUT2D eigenvalue weighted by Crippen LogP contribution is -2.40. The van der Waals surface area contributed by atoms with E-state index in [0.717, 1.165) is 97.4 Å². The molecule has 36 nitrogen and oxygen atoms in total. The van der Waals surface area contributed by atoms with Crippen LogP contribution >= 0.6 is 11.6 Å². The number of carbonyl (C=O) groups is 8. The van der Waals surface area contributed by atoms with Gasteiger partial charge in [-0.3, -0.25) is 43.7 Å². The minimum Gasteiger partial charge on any atom is -0.491 e. The molecule has 9 heterocycles. The van der Waals surface area contributed by atoms with E-state index in [4.69, 9.17) is 64.6 Å². The zero-order chi connectivity index (χ0) is 78.9. The fraction of sp³-hybridized carbons (Fsp3) is 0.425. The summed E-state index contributed by atoms with van der Waals surface area (Å²) < 4.78 is 62.7. The minimum atomic E-state index is -3.30. The monoisotopic (exact) mass is 1570 g/mol. The van der Waals surface area contributed by atoms with E-state index in [2.05, 4.69) is 74.8 Å². The fourth-order valence-electron chi connectivity index (χ4n) is 14.1. The van der Waals surface area contributed by atoms with Crippen molar-refractivity contribution >= 4 is 105 Å². The maximum Gasteiger partial charge on any atom is 0.415 e. The first-order chi connectivity index (χ1) is 53.5. The molecule has 9 aliphatic rings. The zero-order valence-electron chi connectivity index (χ0n) is 60.3. The number of nitrogens with one attached hydrogen (secondary N) is 7. The number of halogens is 1. The summed E-state index contributed by atoms with van der Waals surface area (Å²) in [5, 5.41) is 62.3. The molecule has 10 N–H and O–H groups in total. The number of amides is 6. The van der Waals surface area contributed by atoms with Gasteiger partial charge in [-0.25, -0.2) is 42.5 Å². The van der Waals surface area contributed by atoms with E-state index in [0.29, 0.717) is 103 Å². The Hall–Kier alpha value is -11.6. The number of nitriles is 2. The Balaban J connectivity index is 0.000000160. The van der Waals surface area contributed by atoms with Gasteiger partial charge in [-0.05, 0) is 185 Å². The molecule has 3 aromatic carbocycles. The third-order valence-corrected chi connectivity index (χ3v) is 20.3. The van der Waals surface area contributed by atoms with E-state index < -0.39 is 40.5 Å². The summed E-state index contributed by atoms with van der Waals surface area (Å²) in [6, 6.07) is 22.5. The number of sulfonamides is 1. The molecule has 6 aliphatic heterocycles. The molecule has 6 amide bonds. The lowest BCUT2D eigenvalue weighted by molar-refractivity contribution is -0.123. The predicted octanol–water partition coefficient (Wildman–Crippen LogP) is 3.80. The van der Waals surface area contributed by atoms with Gasteiger partial charge in [0.25, 0.3) is 36.5 Å². The summed E-state index contributed by atoms with van der Waals surface area (Å²) in [6.45, 7) is 6.47. The molecule has 0 spiro atoms. The minimum absolute atomic E-state index is 0.0359. The predicted molar refractivity (Wildman–Crippen MR) is 396 cm³/mol. The number of carboxylic acid groups (broad SMARTS) is 2. The van der Waals surface area contributed by atoms with Gasteiger partial charge < -0.3 is 80.4 Å². The Morgan fingerprint density at radius 3 is 1.91 bits per heavy atom. The number of hydrogen-bond donors (Lipinski definition) is 10. The largest absolute Gasteiger partial charge is 0.491 e. The molecule has 6 aromatic rings. The van der Waals surface area contributed by atoms with Gasteiger partial charge in [0.15, 0.2) is 43.0 Å². The number of anilines is 6. The molecule has 38 heteroatoms. The van der Waals surface area contributed by atoms with Crippen molar-refractivity contribution in [3.8, 4) is 35.3 Å². The number of aromatic nitrogens is 4. The molecule has 586 valence electrons. The van der Waals surface area contributed by atoms with Crippen molar-refractivity contribution in [2.24, 2.45) is 17.8 Å². The summed E-state index contributed by atoms with van der Waals surface area (Å²) in [4.78, 5) is 110. The average Bonchev–Trinajstić information content (AvgIpc) is 1.79. The number of rotatable bonds is 23. The Bertz CT molecular complexity index is 4670. The first-order valence-electron chi connectivity index (χ1n) is 35.5. The van der Waals surface area contributed by atoms with E-state index in [1.165, 1.54) is 37.6 Å². The van der Waals surface area contributed by atoms with Gasteiger partial charge in [-0.15, -0.1) is 0 Å². The summed E-state index contributed by atoms with van der Waals surface area (Å²) >= 11 is 6.31. The van der Waals surface area contributed by atoms with Crippen molar-refractivity contribution in [2.75, 3.05) is 129 Å². The highest BCUT2D eigenvalue weighted by Gasteiger charge is 2.40. The Kier molecular flexibility index (Phi) is 27.0. The average molecular weight is 1570 g/mol. The van der Waals surface area contributed by atoms with Crippen LogP contribution in [-0.2, 0) is 86.7 Å². The third-order valence-electron chi connectivity index (χ3n) is 19.2. The van der Waals surface area contributed by atoms with Crippen LogP contribution in [0.15, 0.2) is 73.1 Å². The van der Waals surface area contributed by atoms with Crippen molar-refractivity contribution in [1.82, 2.24) is 40.6 Å². The van der Waals surface area contributed by atoms with Crippen molar-refractivity contribution in [3.05, 3.63) is 128 Å². The van der Waals surface area contributed by atoms with Crippen LogP contribution < -0.4 is 70.3 Å². The maximum absolute atomic E-state index is 12.5. The lowest BCUT2D eigenvalue weighted by Gasteiger charge is -2.21. The fourth-order valence-corrected chi connectivity index (χ4v) is 14.8. The van der Waals surface area contributed by atoms with Gasteiger partial charge in [0.05, 0.1) is 60.0 Å². The lowest BCUT2D eigenvalue weighted by atomic mass is 10.0. The second-order valence-electron chi connectivity index (χ2n) is 27.0. The van der Waals surface area contributed by atoms with Crippen LogP contribution in [-0.4, -0.2) is 215 Å². The Morgan fingerprint density at radius 1 is 0.649 bits per heavy atom. The van der Waals surface area contributed by atoms with E-state index >= 15 is 0 Å². The van der Waals surface area contributed by atoms with Gasteiger partial charge in [0, 0.05) is 30.7 Å². The van der Waals surface area contributed by atoms with Crippen LogP contribution in [0, 0.1) is 47.3 Å². The first kappa shape index (κ1) is 80.4. The van der Waals surface area contributed by atoms with Gasteiger partial charge in [-0.2, -0.15) is 10.5 Å². The molecule has 0 radical (unpaired) electrons. The van der Waals surface area contributed by atoms with Crippen LogP contribution in [0.2, 0.25) is 5.02 Å². The van der Waals surface area contributed by atoms with Crippen LogP contribution in [0.5, 0.6) is 23.1 Å². The normalized spacial score (nSPS) is 20.1. The quantitative estimate of drug-likeness (QED) is 0.0248. The number of pyridine rings is 2. The van der Waals surface area contributed by atoms with Gasteiger partial charge in [0.1, 0.15) is 54.4 Å². The maximum atomic E-state index is 12.5. The molecule has 7 atom stereocenters. The van der Waals surface area contributed by atoms with Gasteiger partial charge >= 0.3 is 18.3 Å². The Morgan fingerprint density at radius 2 is 1.23 bits per heavy atom. The number of ether oxygens (including phenoxy) is 7. The number of carbonyl (C=O) groups excluding carboxylic acids is 6. The summed E-state index contributed by atoms with van der Waals surface area (Å²) in [7, 11) is -3.30. The standard InChI is InChI=1S/C26H30N6O7S.C24H24N4O5.C21H23ClN6O4.2CH2O2/c1-40(35,36)29-8-9-37-21-3-2-17-10-16(11-19(17)20(21)12-27)13-28-7-6-18-14-32(26(34)39-18)23-5-4-22-25(30-23)31-24(33)15-38-22;25-9-16-3-1-2-15-6-14(7-18(15)16)10-26-11-20(29)22-12-28(24(31)33-22)17-4-5-21-19(8-17)27-23(30)13-32-21;1-11-14-4-12(5-15(14)16(22)7-24-11)6-23-3-2-13-9-28(21(30)32-13)17-8-25-20-19(26-17)27-18(29)10-31-20;2*2-1-3/h2-5,16,18,28-29H,6-11,13-15H2,1H3,(H,30,31,33);1-5,8,14,20,22,26,29H,6-7,10-13H2,(H,27,30);7-8,12-13,23H,2-6,9-10H2,1H3,(H,26,27,29);2*1H,(H,2,3)/t;14?,20-,22-;;;/m.1.../s1. The molecule has 0 bridgehead atoms. The van der Waals surface area contributed by atoms with E-state index in [-0.39, 0.29) is 106 Å². The van der Waals surface area contributed by atoms with Crippen molar-refractivity contribution in [1.29, 1.82) is 10.5 Å². The molecule has 3 aliphatic carbocycles. The van der Waals surface area contributed by atoms with E-state index in [9.17, 15) is 52.8 Å².